The van der Waals surface area contributed by atoms with Crippen molar-refractivity contribution in [3.8, 4) is 0 Å². The van der Waals surface area contributed by atoms with Crippen molar-refractivity contribution in [2.45, 2.75) is 45.1 Å². The Morgan fingerprint density at radius 3 is 2.60 bits per heavy atom. The minimum atomic E-state index is 0.0410. The Labute approximate surface area is 122 Å². The van der Waals surface area contributed by atoms with Crippen molar-refractivity contribution in [1.82, 2.24) is 10.2 Å². The number of carbonyl (C=O) groups excluding carboxylic acids is 1. The van der Waals surface area contributed by atoms with E-state index in [1.54, 1.807) is 0 Å². The molecule has 1 atom stereocenters. The number of hydrogen-bond acceptors (Lipinski definition) is 2. The van der Waals surface area contributed by atoms with E-state index in [1.807, 2.05) is 24.3 Å². The van der Waals surface area contributed by atoms with Gasteiger partial charge in [0.2, 0.25) is 0 Å². The van der Waals surface area contributed by atoms with Gasteiger partial charge >= 0.3 is 0 Å². The summed E-state index contributed by atoms with van der Waals surface area (Å²) in [5.41, 5.74) is 2.03. The molecule has 1 aromatic rings. The highest BCUT2D eigenvalue weighted by Crippen LogP contribution is 2.16. The molecular formula is C17H26N2O. The smallest absolute Gasteiger partial charge is 0.251 e. The summed E-state index contributed by atoms with van der Waals surface area (Å²) in [5.74, 6) is 0.544. The van der Waals surface area contributed by atoms with Gasteiger partial charge in [0.1, 0.15) is 0 Å². The summed E-state index contributed by atoms with van der Waals surface area (Å²) >= 11 is 0. The van der Waals surface area contributed by atoms with E-state index >= 15 is 0 Å². The molecule has 1 aromatic carbocycles. The van der Waals surface area contributed by atoms with E-state index in [-0.39, 0.29) is 5.91 Å². The van der Waals surface area contributed by atoms with Gasteiger partial charge < -0.3 is 10.2 Å². The maximum Gasteiger partial charge on any atom is 0.251 e. The standard InChI is InChI=1S/C17H26N2O/c1-13(2)14-7-9-15(10-8-14)17(20)18-12-16-6-4-5-11-19(16)3/h7-10,13,16H,4-6,11-12H2,1-3H3,(H,18,20). The van der Waals surface area contributed by atoms with Crippen LogP contribution < -0.4 is 5.32 Å². The first-order chi connectivity index (χ1) is 9.58. The highest BCUT2D eigenvalue weighted by atomic mass is 16.1. The van der Waals surface area contributed by atoms with E-state index in [1.165, 1.54) is 24.8 Å². The van der Waals surface area contributed by atoms with Crippen LogP contribution in [0.3, 0.4) is 0 Å². The van der Waals surface area contributed by atoms with Crippen molar-refractivity contribution >= 4 is 5.91 Å². The van der Waals surface area contributed by atoms with Gasteiger partial charge in [-0.1, -0.05) is 32.4 Å². The van der Waals surface area contributed by atoms with Crippen molar-refractivity contribution in [2.75, 3.05) is 20.1 Å². The monoisotopic (exact) mass is 274 g/mol. The second-order valence-electron chi connectivity index (χ2n) is 6.12. The van der Waals surface area contributed by atoms with Crippen molar-refractivity contribution in [3.63, 3.8) is 0 Å². The van der Waals surface area contributed by atoms with Gasteiger partial charge in [-0.3, -0.25) is 4.79 Å². The maximum atomic E-state index is 12.1. The molecule has 0 spiro atoms. The average Bonchev–Trinajstić information content (AvgIpc) is 2.46. The van der Waals surface area contributed by atoms with Crippen LogP contribution in [0.25, 0.3) is 0 Å². The number of likely N-dealkylation sites (N-methyl/N-ethyl adjacent to an activating group) is 1. The van der Waals surface area contributed by atoms with Gasteiger partial charge in [-0.15, -0.1) is 0 Å². The Morgan fingerprint density at radius 2 is 2.00 bits per heavy atom. The van der Waals surface area contributed by atoms with Gasteiger partial charge in [0, 0.05) is 18.2 Å². The summed E-state index contributed by atoms with van der Waals surface area (Å²) < 4.78 is 0. The highest BCUT2D eigenvalue weighted by Gasteiger charge is 2.19. The number of nitrogens with zero attached hydrogens (tertiary/aromatic N) is 1. The third kappa shape index (κ3) is 3.83. The van der Waals surface area contributed by atoms with E-state index in [4.69, 9.17) is 0 Å². The van der Waals surface area contributed by atoms with Gasteiger partial charge in [0.25, 0.3) is 5.91 Å². The molecule has 1 aliphatic rings. The van der Waals surface area contributed by atoms with Crippen LogP contribution in [-0.4, -0.2) is 37.0 Å². The predicted molar refractivity (Wildman–Crippen MR) is 83.1 cm³/mol. The van der Waals surface area contributed by atoms with Crippen molar-refractivity contribution in [1.29, 1.82) is 0 Å². The Morgan fingerprint density at radius 1 is 1.30 bits per heavy atom. The summed E-state index contributed by atoms with van der Waals surface area (Å²) in [4.78, 5) is 14.5. The molecule has 0 radical (unpaired) electrons. The SMILES string of the molecule is CC(C)c1ccc(C(=O)NCC2CCCCN2C)cc1. The summed E-state index contributed by atoms with van der Waals surface area (Å²) in [6.45, 7) is 6.22. The molecular weight excluding hydrogens is 248 g/mol. The molecule has 3 nitrogen and oxygen atoms in total. The number of rotatable bonds is 4. The topological polar surface area (TPSA) is 32.3 Å². The van der Waals surface area contributed by atoms with Crippen LogP contribution in [0.5, 0.6) is 0 Å². The Kier molecular flexibility index (Phi) is 5.18. The van der Waals surface area contributed by atoms with Gasteiger partial charge in [0.05, 0.1) is 0 Å². The minimum Gasteiger partial charge on any atom is -0.350 e. The van der Waals surface area contributed by atoms with Crippen molar-refractivity contribution in [2.24, 2.45) is 0 Å². The van der Waals surface area contributed by atoms with Crippen LogP contribution in [-0.2, 0) is 0 Å². The van der Waals surface area contributed by atoms with Crippen LogP contribution in [0.2, 0.25) is 0 Å². The Bertz CT molecular complexity index is 439. The second-order valence-corrected chi connectivity index (χ2v) is 6.12. The molecule has 3 heteroatoms. The molecule has 1 heterocycles. The first kappa shape index (κ1) is 15.0. The molecule has 1 fully saturated rings. The van der Waals surface area contributed by atoms with E-state index in [2.05, 4.69) is 31.1 Å². The summed E-state index contributed by atoms with van der Waals surface area (Å²) in [6, 6.07) is 8.44. The van der Waals surface area contributed by atoms with Gasteiger partial charge in [0.15, 0.2) is 0 Å². The number of likely N-dealkylation sites (tertiary alicyclic amines) is 1. The van der Waals surface area contributed by atoms with Crippen LogP contribution in [0.1, 0.15) is 54.9 Å². The zero-order valence-corrected chi connectivity index (χ0v) is 12.9. The van der Waals surface area contributed by atoms with E-state index in [0.29, 0.717) is 12.0 Å². The van der Waals surface area contributed by atoms with E-state index in [9.17, 15) is 4.79 Å². The third-order valence-electron chi connectivity index (χ3n) is 4.26. The first-order valence-electron chi connectivity index (χ1n) is 7.66. The lowest BCUT2D eigenvalue weighted by Gasteiger charge is -2.32. The lowest BCUT2D eigenvalue weighted by Crippen LogP contribution is -2.44. The summed E-state index contributed by atoms with van der Waals surface area (Å²) in [6.07, 6.45) is 3.73. The number of hydrogen-bond donors (Lipinski definition) is 1. The molecule has 20 heavy (non-hydrogen) atoms. The van der Waals surface area contributed by atoms with E-state index < -0.39 is 0 Å². The molecule has 0 bridgehead atoms. The molecule has 1 N–H and O–H groups in total. The van der Waals surface area contributed by atoms with Gasteiger partial charge in [-0.05, 0) is 50.0 Å². The number of amides is 1. The molecule has 1 unspecified atom stereocenters. The predicted octanol–water partition coefficient (Wildman–Crippen LogP) is 3.02. The molecule has 110 valence electrons. The molecule has 1 aliphatic heterocycles. The molecule has 0 aromatic heterocycles. The zero-order chi connectivity index (χ0) is 14.5. The number of nitrogens with one attached hydrogen (secondary N) is 1. The zero-order valence-electron chi connectivity index (χ0n) is 12.9. The number of benzene rings is 1. The normalized spacial score (nSPS) is 20.1. The first-order valence-corrected chi connectivity index (χ1v) is 7.66. The lowest BCUT2D eigenvalue weighted by molar-refractivity contribution is 0.0928. The Hall–Kier alpha value is -1.35. The third-order valence-corrected chi connectivity index (χ3v) is 4.26. The number of carbonyl (C=O) groups is 1. The van der Waals surface area contributed by atoms with Crippen LogP contribution >= 0.6 is 0 Å². The molecule has 2 rings (SSSR count). The lowest BCUT2D eigenvalue weighted by atomic mass is 10.0. The minimum absolute atomic E-state index is 0.0410. The quantitative estimate of drug-likeness (QED) is 0.915. The van der Waals surface area contributed by atoms with Crippen molar-refractivity contribution in [3.05, 3.63) is 35.4 Å². The fraction of sp³-hybridized carbons (Fsp3) is 0.588. The molecule has 0 aliphatic carbocycles. The van der Waals surface area contributed by atoms with Gasteiger partial charge in [-0.25, -0.2) is 0 Å². The van der Waals surface area contributed by atoms with Crippen LogP contribution in [0.15, 0.2) is 24.3 Å². The summed E-state index contributed by atoms with van der Waals surface area (Å²) in [5, 5.41) is 3.07. The van der Waals surface area contributed by atoms with Gasteiger partial charge in [-0.2, -0.15) is 0 Å². The maximum absolute atomic E-state index is 12.1. The van der Waals surface area contributed by atoms with Crippen LogP contribution in [0.4, 0.5) is 0 Å². The number of piperidine rings is 1. The summed E-state index contributed by atoms with van der Waals surface area (Å²) in [7, 11) is 2.15. The molecule has 1 saturated heterocycles. The van der Waals surface area contributed by atoms with Crippen molar-refractivity contribution < 1.29 is 4.79 Å². The second kappa shape index (κ2) is 6.89. The van der Waals surface area contributed by atoms with E-state index in [0.717, 1.165) is 18.7 Å². The average molecular weight is 274 g/mol. The fourth-order valence-corrected chi connectivity index (χ4v) is 2.73. The Balaban J connectivity index is 1.88. The fourth-order valence-electron chi connectivity index (χ4n) is 2.73. The largest absolute Gasteiger partial charge is 0.350 e. The highest BCUT2D eigenvalue weighted by molar-refractivity contribution is 5.94. The molecule has 0 saturated carbocycles. The molecule has 1 amide bonds. The van der Waals surface area contributed by atoms with Crippen LogP contribution in [0, 0.1) is 0 Å².